The maximum absolute atomic E-state index is 6.56. The van der Waals surface area contributed by atoms with Gasteiger partial charge in [0, 0.05) is 9.75 Å². The van der Waals surface area contributed by atoms with E-state index in [0.29, 0.717) is 13.2 Å². The van der Waals surface area contributed by atoms with Gasteiger partial charge in [-0.25, -0.2) is 0 Å². The molecule has 0 spiro atoms. The van der Waals surface area contributed by atoms with E-state index in [2.05, 4.69) is 48.9 Å². The highest BCUT2D eigenvalue weighted by atomic mass is 32.1. The number of nitrogens with zero attached hydrogens (tertiary/aromatic N) is 2. The van der Waals surface area contributed by atoms with Crippen LogP contribution in [0, 0.1) is 0 Å². The topological polar surface area (TPSA) is 44.2 Å². The molecule has 3 aromatic heterocycles. The van der Waals surface area contributed by atoms with Gasteiger partial charge in [0.25, 0.3) is 0 Å². The van der Waals surface area contributed by atoms with Crippen LogP contribution >= 0.6 is 34.4 Å². The second-order valence-corrected chi connectivity index (χ2v) is 10.6. The van der Waals surface area contributed by atoms with Gasteiger partial charge in [-0.3, -0.25) is 0 Å². The third-order valence-corrected chi connectivity index (χ3v) is 7.95. The predicted octanol–water partition coefficient (Wildman–Crippen LogP) is 9.07. The summed E-state index contributed by atoms with van der Waals surface area (Å²) < 4.78 is 22.6. The van der Waals surface area contributed by atoms with Crippen LogP contribution in [0.4, 0.5) is 0 Å². The van der Waals surface area contributed by atoms with E-state index >= 15 is 0 Å². The Labute approximate surface area is 208 Å². The first-order chi connectivity index (χ1) is 16.3. The van der Waals surface area contributed by atoms with Gasteiger partial charge in [-0.15, -0.1) is 22.7 Å². The Hall–Kier alpha value is -1.96. The van der Waals surface area contributed by atoms with Gasteiger partial charge in [0.15, 0.2) is 11.5 Å². The summed E-state index contributed by atoms with van der Waals surface area (Å²) in [5, 5.41) is 4.20. The van der Waals surface area contributed by atoms with Gasteiger partial charge in [0.1, 0.15) is 11.0 Å². The second-order valence-electron chi connectivity index (χ2n) is 8.14. The van der Waals surface area contributed by atoms with E-state index in [4.69, 9.17) is 18.2 Å². The Morgan fingerprint density at radius 1 is 0.667 bits per heavy atom. The molecule has 4 rings (SSSR count). The number of rotatable bonds is 14. The van der Waals surface area contributed by atoms with Crippen molar-refractivity contribution in [1.29, 1.82) is 0 Å². The zero-order valence-electron chi connectivity index (χ0n) is 19.5. The van der Waals surface area contributed by atoms with Crippen molar-refractivity contribution in [3.05, 3.63) is 35.0 Å². The number of unbranched alkanes of at least 4 members (excludes halogenated alkanes) is 6. The van der Waals surface area contributed by atoms with Crippen LogP contribution in [0.3, 0.4) is 0 Å². The minimum Gasteiger partial charge on any atom is -0.489 e. The summed E-state index contributed by atoms with van der Waals surface area (Å²) in [6, 6.07) is 8.43. The third kappa shape index (κ3) is 5.76. The Morgan fingerprint density at radius 3 is 1.55 bits per heavy atom. The highest BCUT2D eigenvalue weighted by Crippen LogP contribution is 2.52. The Balaban J connectivity index is 1.81. The van der Waals surface area contributed by atoms with Crippen LogP contribution in [-0.4, -0.2) is 22.0 Å². The molecular formula is C26H32N2O2S3. The quantitative estimate of drug-likeness (QED) is 0.162. The monoisotopic (exact) mass is 500 g/mol. The molecule has 0 aliphatic carbocycles. The highest BCUT2D eigenvalue weighted by molar-refractivity contribution is 7.14. The smallest absolute Gasteiger partial charge is 0.172 e. The Morgan fingerprint density at radius 2 is 1.15 bits per heavy atom. The molecule has 1 aromatic carbocycles. The Bertz CT molecular complexity index is 1020. The molecule has 0 amide bonds. The van der Waals surface area contributed by atoms with Crippen molar-refractivity contribution in [3.8, 4) is 32.4 Å². The fourth-order valence-corrected chi connectivity index (χ4v) is 6.03. The lowest BCUT2D eigenvalue weighted by Crippen LogP contribution is -2.06. The van der Waals surface area contributed by atoms with Crippen LogP contribution in [0.25, 0.3) is 31.9 Å². The third-order valence-electron chi connectivity index (χ3n) is 5.65. The van der Waals surface area contributed by atoms with E-state index in [1.54, 1.807) is 22.7 Å². The van der Waals surface area contributed by atoms with Gasteiger partial charge in [-0.1, -0.05) is 64.5 Å². The van der Waals surface area contributed by atoms with Crippen molar-refractivity contribution >= 4 is 45.4 Å². The predicted molar refractivity (Wildman–Crippen MR) is 143 cm³/mol. The van der Waals surface area contributed by atoms with E-state index in [0.717, 1.165) is 56.3 Å². The first-order valence-corrected chi connectivity index (χ1v) is 14.5. The number of ether oxygens (including phenoxy) is 2. The van der Waals surface area contributed by atoms with Gasteiger partial charge in [0.2, 0.25) is 0 Å². The van der Waals surface area contributed by atoms with Crippen LogP contribution in [0.2, 0.25) is 0 Å². The number of hydrogen-bond donors (Lipinski definition) is 0. The van der Waals surface area contributed by atoms with Crippen molar-refractivity contribution in [1.82, 2.24) is 8.75 Å². The van der Waals surface area contributed by atoms with E-state index in [1.165, 1.54) is 50.3 Å². The summed E-state index contributed by atoms with van der Waals surface area (Å²) >= 11 is 4.67. The van der Waals surface area contributed by atoms with Crippen LogP contribution < -0.4 is 9.47 Å². The average molecular weight is 501 g/mol. The molecule has 176 valence electrons. The van der Waals surface area contributed by atoms with Crippen molar-refractivity contribution in [2.75, 3.05) is 13.2 Å². The molecule has 0 aliphatic rings. The fourth-order valence-electron chi connectivity index (χ4n) is 3.94. The lowest BCUT2D eigenvalue weighted by atomic mass is 10.0. The van der Waals surface area contributed by atoms with E-state index < -0.39 is 0 Å². The zero-order chi connectivity index (χ0) is 22.9. The summed E-state index contributed by atoms with van der Waals surface area (Å²) in [6.07, 6.45) is 9.32. The number of hydrogen-bond acceptors (Lipinski definition) is 7. The molecule has 4 nitrogen and oxygen atoms in total. The van der Waals surface area contributed by atoms with Crippen LogP contribution in [0.1, 0.15) is 65.2 Å². The standard InChI is InChI=1S/C26H32N2O2S3/c1-3-5-7-9-15-29-25-21(19-13-11-17-31-19)23-24(28-33-27-23)22(20-14-12-18-32-20)26(25)30-16-10-8-6-4-2/h11-14,17-18H,3-10,15-16H2,1-2H3. The number of benzene rings is 1. The molecule has 0 saturated carbocycles. The number of thiophene rings is 2. The van der Waals surface area contributed by atoms with E-state index in [9.17, 15) is 0 Å². The molecule has 33 heavy (non-hydrogen) atoms. The van der Waals surface area contributed by atoms with E-state index in [-0.39, 0.29) is 0 Å². The molecule has 0 unspecified atom stereocenters. The van der Waals surface area contributed by atoms with Crippen molar-refractivity contribution in [3.63, 3.8) is 0 Å². The van der Waals surface area contributed by atoms with Crippen LogP contribution in [0.5, 0.6) is 11.5 Å². The largest absolute Gasteiger partial charge is 0.489 e. The number of aromatic nitrogens is 2. The summed E-state index contributed by atoms with van der Waals surface area (Å²) in [5.74, 6) is 1.65. The lowest BCUT2D eigenvalue weighted by molar-refractivity contribution is 0.261. The lowest BCUT2D eigenvalue weighted by Gasteiger charge is -2.20. The minimum atomic E-state index is 0.678. The maximum atomic E-state index is 6.56. The summed E-state index contributed by atoms with van der Waals surface area (Å²) in [5.41, 5.74) is 3.86. The van der Waals surface area contributed by atoms with Crippen molar-refractivity contribution in [2.45, 2.75) is 65.2 Å². The minimum absolute atomic E-state index is 0.678. The molecule has 7 heteroatoms. The van der Waals surface area contributed by atoms with E-state index in [1.807, 2.05) is 0 Å². The molecule has 3 heterocycles. The number of fused-ring (bicyclic) bond motifs is 1. The molecule has 0 aliphatic heterocycles. The van der Waals surface area contributed by atoms with Gasteiger partial charge < -0.3 is 9.47 Å². The molecule has 4 aromatic rings. The maximum Gasteiger partial charge on any atom is 0.172 e. The molecule has 0 radical (unpaired) electrons. The molecule has 0 saturated heterocycles. The normalized spacial score (nSPS) is 11.3. The van der Waals surface area contributed by atoms with Gasteiger partial charge in [0.05, 0.1) is 36.1 Å². The van der Waals surface area contributed by atoms with Crippen LogP contribution in [-0.2, 0) is 0 Å². The SMILES string of the molecule is CCCCCCOc1c(OCCCCCC)c(-c2cccs2)c2nsnc2c1-c1cccs1. The molecule has 0 fully saturated rings. The fraction of sp³-hybridized carbons (Fsp3) is 0.462. The zero-order valence-corrected chi connectivity index (χ0v) is 21.9. The van der Waals surface area contributed by atoms with Crippen LogP contribution in [0.15, 0.2) is 35.0 Å². The molecule has 0 N–H and O–H groups in total. The van der Waals surface area contributed by atoms with Crippen molar-refractivity contribution < 1.29 is 9.47 Å². The van der Waals surface area contributed by atoms with Gasteiger partial charge in [-0.2, -0.15) is 8.75 Å². The summed E-state index contributed by atoms with van der Waals surface area (Å²) in [6.45, 7) is 5.82. The first kappa shape index (κ1) is 24.2. The van der Waals surface area contributed by atoms with Crippen molar-refractivity contribution in [2.24, 2.45) is 0 Å². The second kappa shape index (κ2) is 12.5. The summed E-state index contributed by atoms with van der Waals surface area (Å²) in [7, 11) is 0. The molecule has 0 atom stereocenters. The molecular weight excluding hydrogens is 468 g/mol. The summed E-state index contributed by atoms with van der Waals surface area (Å²) in [4.78, 5) is 2.29. The Kier molecular flexibility index (Phi) is 9.15. The highest BCUT2D eigenvalue weighted by Gasteiger charge is 2.27. The van der Waals surface area contributed by atoms with Gasteiger partial charge >= 0.3 is 0 Å². The van der Waals surface area contributed by atoms with Gasteiger partial charge in [-0.05, 0) is 35.7 Å². The molecule has 0 bridgehead atoms. The average Bonchev–Trinajstić information content (AvgIpc) is 3.61. The first-order valence-electron chi connectivity index (χ1n) is 12.0.